The molecule has 0 bridgehead atoms. The number of amides is 1. The quantitative estimate of drug-likeness (QED) is 0.914. The lowest BCUT2D eigenvalue weighted by Crippen LogP contribution is -2.51. The van der Waals surface area contributed by atoms with Gasteiger partial charge < -0.3 is 10.2 Å². The number of rotatable bonds is 4. The maximum atomic E-state index is 12.9. The van der Waals surface area contributed by atoms with Crippen LogP contribution in [0.1, 0.15) is 32.1 Å². The zero-order valence-corrected chi connectivity index (χ0v) is 14.3. The summed E-state index contributed by atoms with van der Waals surface area (Å²) in [6, 6.07) is 10.1. The smallest absolute Gasteiger partial charge is 0.244 e. The molecule has 6 heteroatoms. The molecule has 1 saturated heterocycles. The van der Waals surface area contributed by atoms with Crippen molar-refractivity contribution in [2.24, 2.45) is 0 Å². The first kappa shape index (κ1) is 16.3. The number of anilines is 1. The number of hydrogen-bond donors (Lipinski definition) is 1. The second-order valence-electron chi connectivity index (χ2n) is 6.72. The highest BCUT2D eigenvalue weighted by Gasteiger charge is 2.52. The van der Waals surface area contributed by atoms with Crippen LogP contribution in [0.15, 0.2) is 30.3 Å². The van der Waals surface area contributed by atoms with Crippen LogP contribution >= 0.6 is 0 Å². The molecule has 3 rings (SSSR count). The predicted molar refractivity (Wildman–Crippen MR) is 91.1 cm³/mol. The second-order valence-corrected chi connectivity index (χ2v) is 9.05. The van der Waals surface area contributed by atoms with Crippen molar-refractivity contribution in [3.8, 4) is 0 Å². The Hall–Kier alpha value is -1.56. The van der Waals surface area contributed by atoms with Crippen LogP contribution in [0, 0.1) is 0 Å². The Balaban J connectivity index is 1.70. The number of sulfone groups is 1. The molecule has 2 aliphatic rings. The fourth-order valence-corrected chi connectivity index (χ4v) is 5.29. The predicted octanol–water partition coefficient (Wildman–Crippen LogP) is 2.06. The number of nitrogens with zero attached hydrogens (tertiary/aromatic N) is 1. The van der Waals surface area contributed by atoms with Crippen LogP contribution < -0.4 is 5.32 Å². The molecule has 1 aromatic rings. The van der Waals surface area contributed by atoms with E-state index in [1.807, 2.05) is 30.3 Å². The van der Waals surface area contributed by atoms with Crippen molar-refractivity contribution in [3.63, 3.8) is 0 Å². The summed E-state index contributed by atoms with van der Waals surface area (Å²) in [4.78, 5) is 14.7. The highest BCUT2D eigenvalue weighted by molar-refractivity contribution is 7.92. The highest BCUT2D eigenvalue weighted by Crippen LogP contribution is 2.39. The Morgan fingerprint density at radius 2 is 1.87 bits per heavy atom. The molecule has 0 unspecified atom stereocenters. The highest BCUT2D eigenvalue weighted by atomic mass is 32.2. The molecule has 1 aromatic carbocycles. The molecule has 1 atom stereocenters. The first-order chi connectivity index (χ1) is 10.9. The molecule has 1 aliphatic heterocycles. The van der Waals surface area contributed by atoms with Crippen molar-refractivity contribution in [1.82, 2.24) is 4.90 Å². The van der Waals surface area contributed by atoms with E-state index in [0.29, 0.717) is 25.9 Å². The van der Waals surface area contributed by atoms with E-state index < -0.39 is 14.6 Å². The minimum absolute atomic E-state index is 0.180. The summed E-state index contributed by atoms with van der Waals surface area (Å²) in [5.41, 5.74) is 1.03. The van der Waals surface area contributed by atoms with E-state index in [0.717, 1.165) is 24.9 Å². The fraction of sp³-hybridized carbons (Fsp3) is 0.588. The van der Waals surface area contributed by atoms with Crippen molar-refractivity contribution < 1.29 is 13.2 Å². The Bertz CT molecular complexity index is 666. The molecule has 0 radical (unpaired) electrons. The van der Waals surface area contributed by atoms with Gasteiger partial charge in [-0.2, -0.15) is 0 Å². The van der Waals surface area contributed by atoms with Crippen molar-refractivity contribution in [2.75, 3.05) is 24.7 Å². The molecule has 1 saturated carbocycles. The average molecular weight is 336 g/mol. The van der Waals surface area contributed by atoms with Gasteiger partial charge in [0.05, 0.1) is 0 Å². The first-order valence-electron chi connectivity index (χ1n) is 8.23. The number of carbonyl (C=O) groups is 1. The van der Waals surface area contributed by atoms with Gasteiger partial charge in [-0.25, -0.2) is 8.42 Å². The first-order valence-corrected chi connectivity index (χ1v) is 10.1. The van der Waals surface area contributed by atoms with Gasteiger partial charge >= 0.3 is 0 Å². The summed E-state index contributed by atoms with van der Waals surface area (Å²) < 4.78 is 23.4. The lowest BCUT2D eigenvalue weighted by atomic mass is 10.1. The van der Waals surface area contributed by atoms with Crippen molar-refractivity contribution in [3.05, 3.63) is 30.3 Å². The third-order valence-electron chi connectivity index (χ3n) is 5.13. The molecule has 2 fully saturated rings. The van der Waals surface area contributed by atoms with Gasteiger partial charge in [0.15, 0.2) is 14.6 Å². The van der Waals surface area contributed by atoms with Crippen molar-refractivity contribution in [1.29, 1.82) is 0 Å². The zero-order valence-electron chi connectivity index (χ0n) is 13.5. The topological polar surface area (TPSA) is 66.5 Å². The van der Waals surface area contributed by atoms with E-state index in [9.17, 15) is 13.2 Å². The maximum absolute atomic E-state index is 12.9. The number of para-hydroxylation sites is 1. The van der Waals surface area contributed by atoms with Crippen LogP contribution in [0.4, 0.5) is 5.69 Å². The summed E-state index contributed by atoms with van der Waals surface area (Å²) in [5.74, 6) is -0.185. The SMILES string of the molecule is CS(=O)(=O)C1(C(=O)N2CC[C@@H](Nc3ccccc3)C2)CCCC1. The van der Waals surface area contributed by atoms with E-state index in [2.05, 4.69) is 5.32 Å². The largest absolute Gasteiger partial charge is 0.380 e. The van der Waals surface area contributed by atoms with Gasteiger partial charge in [0.25, 0.3) is 0 Å². The summed E-state index contributed by atoms with van der Waals surface area (Å²) in [6.07, 6.45) is 4.64. The van der Waals surface area contributed by atoms with Crippen molar-refractivity contribution >= 4 is 21.4 Å². The van der Waals surface area contributed by atoms with Crippen LogP contribution in [0.3, 0.4) is 0 Å². The lowest BCUT2D eigenvalue weighted by molar-refractivity contribution is -0.132. The Kier molecular flexibility index (Phi) is 4.36. The number of likely N-dealkylation sites (tertiary alicyclic amines) is 1. The van der Waals surface area contributed by atoms with Crippen LogP contribution in [0.5, 0.6) is 0 Å². The second kappa shape index (κ2) is 6.15. The number of benzene rings is 1. The molecule has 5 nitrogen and oxygen atoms in total. The molecule has 23 heavy (non-hydrogen) atoms. The summed E-state index contributed by atoms with van der Waals surface area (Å²) >= 11 is 0. The molecule has 126 valence electrons. The molecule has 0 spiro atoms. The molecule has 1 aliphatic carbocycles. The summed E-state index contributed by atoms with van der Waals surface area (Å²) in [6.45, 7) is 1.20. The molecular weight excluding hydrogens is 312 g/mol. The minimum atomic E-state index is -3.39. The lowest BCUT2D eigenvalue weighted by Gasteiger charge is -2.30. The van der Waals surface area contributed by atoms with Gasteiger partial charge in [0.2, 0.25) is 5.91 Å². The van der Waals surface area contributed by atoms with Gasteiger partial charge in [-0.3, -0.25) is 4.79 Å². The molecule has 0 aromatic heterocycles. The molecular formula is C17H24N2O3S. The number of carbonyl (C=O) groups excluding carboxylic acids is 1. The maximum Gasteiger partial charge on any atom is 0.244 e. The van der Waals surface area contributed by atoms with E-state index in [-0.39, 0.29) is 11.9 Å². The summed E-state index contributed by atoms with van der Waals surface area (Å²) in [5, 5.41) is 3.42. The standard InChI is InChI=1S/C17H24N2O3S/c1-23(21,22)17(10-5-6-11-17)16(20)19-12-9-15(13-19)18-14-7-3-2-4-8-14/h2-4,7-8,15,18H,5-6,9-13H2,1H3/t15-/m1/s1. The zero-order chi connectivity index (χ0) is 16.5. The van der Waals surface area contributed by atoms with E-state index >= 15 is 0 Å². The van der Waals surface area contributed by atoms with E-state index in [4.69, 9.17) is 0 Å². The molecule has 1 N–H and O–H groups in total. The normalized spacial score (nSPS) is 23.9. The fourth-order valence-electron chi connectivity index (χ4n) is 3.81. The average Bonchev–Trinajstić information content (AvgIpc) is 3.16. The monoisotopic (exact) mass is 336 g/mol. The van der Waals surface area contributed by atoms with Gasteiger partial charge in [-0.1, -0.05) is 31.0 Å². The van der Waals surface area contributed by atoms with Crippen LogP contribution in [0.25, 0.3) is 0 Å². The summed E-state index contributed by atoms with van der Waals surface area (Å²) in [7, 11) is -3.39. The van der Waals surface area contributed by atoms with Crippen molar-refractivity contribution in [2.45, 2.75) is 42.9 Å². The van der Waals surface area contributed by atoms with Crippen LogP contribution in [-0.4, -0.2) is 49.4 Å². The Morgan fingerprint density at radius 1 is 1.22 bits per heavy atom. The van der Waals surface area contributed by atoms with E-state index in [1.54, 1.807) is 4.90 Å². The Labute approximate surface area is 138 Å². The van der Waals surface area contributed by atoms with E-state index in [1.165, 1.54) is 6.26 Å². The van der Waals surface area contributed by atoms with Crippen LogP contribution in [-0.2, 0) is 14.6 Å². The van der Waals surface area contributed by atoms with Gasteiger partial charge in [0.1, 0.15) is 0 Å². The van der Waals surface area contributed by atoms with Gasteiger partial charge in [-0.15, -0.1) is 0 Å². The molecule has 1 amide bonds. The molecule has 1 heterocycles. The third-order valence-corrected chi connectivity index (χ3v) is 7.13. The number of hydrogen-bond acceptors (Lipinski definition) is 4. The Morgan fingerprint density at radius 3 is 2.48 bits per heavy atom. The van der Waals surface area contributed by atoms with Crippen LogP contribution in [0.2, 0.25) is 0 Å². The minimum Gasteiger partial charge on any atom is -0.380 e. The third kappa shape index (κ3) is 3.09. The number of nitrogens with one attached hydrogen (secondary N) is 1. The van der Waals surface area contributed by atoms with Gasteiger partial charge in [0, 0.05) is 31.1 Å². The van der Waals surface area contributed by atoms with Gasteiger partial charge in [-0.05, 0) is 31.4 Å².